The molecule has 0 saturated heterocycles. The first-order valence-corrected chi connectivity index (χ1v) is 6.59. The molecule has 0 spiro atoms. The van der Waals surface area contributed by atoms with E-state index in [-0.39, 0.29) is 5.82 Å². The zero-order valence-corrected chi connectivity index (χ0v) is 11.6. The average molecular weight is 292 g/mol. The number of halogens is 2. The molecule has 3 N–H and O–H groups in total. The fraction of sp³-hybridized carbons (Fsp3) is 0.133. The molecule has 5 heteroatoms. The molecule has 0 bridgehead atoms. The molecule has 0 aliphatic rings. The molecule has 0 amide bonds. The van der Waals surface area contributed by atoms with E-state index in [0.29, 0.717) is 29.5 Å². The van der Waals surface area contributed by atoms with Crippen LogP contribution in [0.4, 0.5) is 10.1 Å². The molecule has 0 radical (unpaired) electrons. The van der Waals surface area contributed by atoms with Crippen molar-refractivity contribution < 1.29 is 4.39 Å². The summed E-state index contributed by atoms with van der Waals surface area (Å²) in [5, 5.41) is 3.37. The van der Waals surface area contributed by atoms with E-state index in [1.165, 1.54) is 6.07 Å². The van der Waals surface area contributed by atoms with Gasteiger partial charge in [0.2, 0.25) is 0 Å². The zero-order valence-electron chi connectivity index (χ0n) is 10.8. The van der Waals surface area contributed by atoms with Gasteiger partial charge in [0.05, 0.1) is 0 Å². The van der Waals surface area contributed by atoms with Gasteiger partial charge in [0.1, 0.15) is 5.82 Å². The van der Waals surface area contributed by atoms with Crippen LogP contribution in [0.2, 0.25) is 5.02 Å². The smallest absolute Gasteiger partial charge is 0.193 e. The number of hydrogen-bond acceptors (Lipinski definition) is 1. The maximum atomic E-state index is 13.5. The monoisotopic (exact) mass is 291 g/mol. The lowest BCUT2D eigenvalue weighted by Crippen LogP contribution is -2.23. The Labute approximate surface area is 122 Å². The summed E-state index contributed by atoms with van der Waals surface area (Å²) in [5.74, 6) is -0.0223. The Morgan fingerprint density at radius 1 is 1.15 bits per heavy atom. The summed E-state index contributed by atoms with van der Waals surface area (Å²) in [4.78, 5) is 4.15. The Bertz CT molecular complexity index is 579. The highest BCUT2D eigenvalue weighted by Crippen LogP contribution is 2.19. The summed E-state index contributed by atoms with van der Waals surface area (Å²) >= 11 is 5.94. The first kappa shape index (κ1) is 14.3. The number of nitrogens with two attached hydrogens (primary N) is 1. The molecule has 2 aromatic carbocycles. The van der Waals surface area contributed by atoms with Gasteiger partial charge in [-0.25, -0.2) is 4.39 Å². The highest BCUT2D eigenvalue weighted by molar-refractivity contribution is 6.31. The molecule has 0 atom stereocenters. The standard InChI is InChI=1S/C15H15ClFN3/c16-13-7-4-8-14(17)12(13)9-10-19-15(18)20-11-5-2-1-3-6-11/h1-8H,9-10H2,(H3,18,19,20). The highest BCUT2D eigenvalue weighted by Gasteiger charge is 2.05. The van der Waals surface area contributed by atoms with Crippen LogP contribution in [0, 0.1) is 5.82 Å². The summed E-state index contributed by atoms with van der Waals surface area (Å²) < 4.78 is 13.5. The van der Waals surface area contributed by atoms with Crippen molar-refractivity contribution in [3.63, 3.8) is 0 Å². The first-order valence-electron chi connectivity index (χ1n) is 6.21. The maximum Gasteiger partial charge on any atom is 0.193 e. The van der Waals surface area contributed by atoms with Gasteiger partial charge in [-0.05, 0) is 30.7 Å². The molecule has 0 heterocycles. The lowest BCUT2D eigenvalue weighted by atomic mass is 10.1. The van der Waals surface area contributed by atoms with Gasteiger partial charge < -0.3 is 11.1 Å². The molecule has 104 valence electrons. The number of anilines is 1. The van der Waals surface area contributed by atoms with Crippen molar-refractivity contribution in [3.8, 4) is 0 Å². The second-order valence-electron chi connectivity index (χ2n) is 4.21. The molecule has 0 aliphatic carbocycles. The largest absolute Gasteiger partial charge is 0.370 e. The SMILES string of the molecule is NC(=NCCc1c(F)cccc1Cl)Nc1ccccc1. The van der Waals surface area contributed by atoms with Crippen molar-refractivity contribution in [2.75, 3.05) is 11.9 Å². The number of guanidine groups is 1. The molecule has 3 nitrogen and oxygen atoms in total. The molecule has 20 heavy (non-hydrogen) atoms. The van der Waals surface area contributed by atoms with Crippen LogP contribution in [0.3, 0.4) is 0 Å². The molecule has 2 rings (SSSR count). The summed E-state index contributed by atoms with van der Waals surface area (Å²) in [7, 11) is 0. The quantitative estimate of drug-likeness (QED) is 0.669. The van der Waals surface area contributed by atoms with Gasteiger partial charge in [-0.15, -0.1) is 0 Å². The summed E-state index contributed by atoms with van der Waals surface area (Å²) in [6.07, 6.45) is 0.405. The fourth-order valence-corrected chi connectivity index (χ4v) is 2.03. The molecule has 0 aliphatic heterocycles. The van der Waals surface area contributed by atoms with Crippen molar-refractivity contribution in [2.45, 2.75) is 6.42 Å². The van der Waals surface area contributed by atoms with Crippen molar-refractivity contribution in [1.29, 1.82) is 0 Å². The third-order valence-electron chi connectivity index (χ3n) is 2.75. The maximum absolute atomic E-state index is 13.5. The molecular weight excluding hydrogens is 277 g/mol. The normalized spacial score (nSPS) is 11.4. The van der Waals surface area contributed by atoms with E-state index < -0.39 is 0 Å². The minimum Gasteiger partial charge on any atom is -0.370 e. The van der Waals surface area contributed by atoms with E-state index in [1.807, 2.05) is 30.3 Å². The fourth-order valence-electron chi connectivity index (χ4n) is 1.77. The average Bonchev–Trinajstić information content (AvgIpc) is 2.43. The first-order chi connectivity index (χ1) is 9.66. The number of nitrogens with one attached hydrogen (secondary N) is 1. The number of nitrogens with zero attached hydrogens (tertiary/aromatic N) is 1. The van der Waals surface area contributed by atoms with Crippen LogP contribution < -0.4 is 11.1 Å². The van der Waals surface area contributed by atoms with Gasteiger partial charge in [-0.3, -0.25) is 4.99 Å². The highest BCUT2D eigenvalue weighted by atomic mass is 35.5. The van der Waals surface area contributed by atoms with Crippen LogP contribution in [-0.4, -0.2) is 12.5 Å². The number of rotatable bonds is 4. The third kappa shape index (κ3) is 3.96. The van der Waals surface area contributed by atoms with Crippen LogP contribution in [0.15, 0.2) is 53.5 Å². The van der Waals surface area contributed by atoms with E-state index in [9.17, 15) is 4.39 Å². The van der Waals surface area contributed by atoms with Gasteiger partial charge in [-0.1, -0.05) is 35.9 Å². The number of aliphatic imine (C=N–C) groups is 1. The molecular formula is C15H15ClFN3. The van der Waals surface area contributed by atoms with Gasteiger partial charge in [0.15, 0.2) is 5.96 Å². The van der Waals surface area contributed by atoms with Crippen molar-refractivity contribution in [1.82, 2.24) is 0 Å². The molecule has 0 fully saturated rings. The van der Waals surface area contributed by atoms with Crippen LogP contribution >= 0.6 is 11.6 Å². The number of hydrogen-bond donors (Lipinski definition) is 2. The summed E-state index contributed by atoms with van der Waals surface area (Å²) in [5.41, 5.74) is 7.08. The summed E-state index contributed by atoms with van der Waals surface area (Å²) in [6.45, 7) is 0.367. The topological polar surface area (TPSA) is 50.4 Å². The Morgan fingerprint density at radius 2 is 1.90 bits per heavy atom. The van der Waals surface area contributed by atoms with Gasteiger partial charge in [0, 0.05) is 22.8 Å². The number of para-hydroxylation sites is 1. The Kier molecular flexibility index (Phi) is 4.96. The molecule has 0 aromatic heterocycles. The predicted molar refractivity (Wildman–Crippen MR) is 81.7 cm³/mol. The predicted octanol–water partition coefficient (Wildman–Crippen LogP) is 3.45. The summed E-state index contributed by atoms with van der Waals surface area (Å²) in [6, 6.07) is 14.1. The molecule has 0 unspecified atom stereocenters. The van der Waals surface area contributed by atoms with E-state index in [4.69, 9.17) is 17.3 Å². The Balaban J connectivity index is 1.93. The van der Waals surface area contributed by atoms with E-state index >= 15 is 0 Å². The van der Waals surface area contributed by atoms with Crippen LogP contribution in [0.25, 0.3) is 0 Å². The Hall–Kier alpha value is -2.07. The minimum atomic E-state index is -0.317. The van der Waals surface area contributed by atoms with Crippen LogP contribution in [0.1, 0.15) is 5.56 Å². The lowest BCUT2D eigenvalue weighted by Gasteiger charge is -2.06. The molecule has 0 saturated carbocycles. The van der Waals surface area contributed by atoms with Gasteiger partial charge in [-0.2, -0.15) is 0 Å². The van der Waals surface area contributed by atoms with Crippen LogP contribution in [0.5, 0.6) is 0 Å². The number of benzene rings is 2. The van der Waals surface area contributed by atoms with E-state index in [1.54, 1.807) is 12.1 Å². The van der Waals surface area contributed by atoms with Crippen molar-refractivity contribution in [2.24, 2.45) is 10.7 Å². The second-order valence-corrected chi connectivity index (χ2v) is 4.62. The van der Waals surface area contributed by atoms with E-state index in [2.05, 4.69) is 10.3 Å². The van der Waals surface area contributed by atoms with Gasteiger partial charge >= 0.3 is 0 Å². The zero-order chi connectivity index (χ0) is 14.4. The van der Waals surface area contributed by atoms with E-state index in [0.717, 1.165) is 5.69 Å². The van der Waals surface area contributed by atoms with Crippen molar-refractivity contribution in [3.05, 3.63) is 64.9 Å². The second kappa shape index (κ2) is 6.91. The third-order valence-corrected chi connectivity index (χ3v) is 3.11. The minimum absolute atomic E-state index is 0.295. The molecule has 2 aromatic rings. The van der Waals surface area contributed by atoms with Crippen molar-refractivity contribution >= 4 is 23.2 Å². The van der Waals surface area contributed by atoms with Gasteiger partial charge in [0.25, 0.3) is 0 Å². The van der Waals surface area contributed by atoms with Crippen LogP contribution in [-0.2, 0) is 6.42 Å². The lowest BCUT2D eigenvalue weighted by molar-refractivity contribution is 0.610. The Morgan fingerprint density at radius 3 is 2.60 bits per heavy atom.